The molecule has 0 fully saturated rings. The van der Waals surface area contributed by atoms with E-state index in [9.17, 15) is 19.5 Å². The number of aryl methyl sites for hydroxylation is 2. The van der Waals surface area contributed by atoms with E-state index in [1.807, 2.05) is 0 Å². The molecule has 1 aliphatic rings. The highest BCUT2D eigenvalue weighted by Gasteiger charge is 2.46. The number of hydrogen-bond donors (Lipinski definition) is 2. The lowest BCUT2D eigenvalue weighted by Gasteiger charge is -2.24. The quantitative estimate of drug-likeness (QED) is 0.507. The van der Waals surface area contributed by atoms with Crippen molar-refractivity contribution in [3.8, 4) is 5.75 Å². The number of nitrogens with two attached hydrogens (primary N) is 1. The van der Waals surface area contributed by atoms with E-state index >= 15 is 0 Å². The maximum Gasteiger partial charge on any atom is 0.296 e. The first-order valence-corrected chi connectivity index (χ1v) is 11.1. The second-order valence-corrected chi connectivity index (χ2v) is 9.03. The van der Waals surface area contributed by atoms with Crippen molar-refractivity contribution < 1.29 is 24.2 Å². The fourth-order valence-electron chi connectivity index (χ4n) is 3.45. The molecule has 1 aromatic carbocycles. The molecule has 3 aromatic rings. The first kappa shape index (κ1) is 21.7. The van der Waals surface area contributed by atoms with Crippen LogP contribution in [0.25, 0.3) is 0 Å². The van der Waals surface area contributed by atoms with Crippen LogP contribution >= 0.6 is 22.7 Å². The van der Waals surface area contributed by atoms with Crippen molar-refractivity contribution in [3.63, 3.8) is 0 Å². The van der Waals surface area contributed by atoms with Gasteiger partial charge in [-0.3, -0.25) is 19.3 Å². The second kappa shape index (κ2) is 8.52. The Balaban J connectivity index is 1.78. The smallest absolute Gasteiger partial charge is 0.296 e. The summed E-state index contributed by atoms with van der Waals surface area (Å²) in [6.07, 6.45) is 1.54. The van der Waals surface area contributed by atoms with Gasteiger partial charge in [0.2, 0.25) is 5.78 Å². The van der Waals surface area contributed by atoms with E-state index in [1.54, 1.807) is 49.7 Å². The van der Waals surface area contributed by atoms with Crippen LogP contribution < -0.4 is 15.4 Å². The van der Waals surface area contributed by atoms with Gasteiger partial charge in [0.1, 0.15) is 5.75 Å². The Bertz CT molecular complexity index is 1230. The number of nitrogens with zero attached hydrogens (tertiary/aromatic N) is 3. The third kappa shape index (κ3) is 3.87. The summed E-state index contributed by atoms with van der Waals surface area (Å²) in [6, 6.07) is 5.62. The highest BCUT2D eigenvalue weighted by atomic mass is 32.1. The third-order valence-corrected chi connectivity index (χ3v) is 6.61. The zero-order valence-corrected chi connectivity index (χ0v) is 18.7. The number of ether oxygens (including phenoxy) is 1. The van der Waals surface area contributed by atoms with Crippen molar-refractivity contribution in [2.24, 2.45) is 5.73 Å². The number of Topliss-reactive ketones (excluding diaryl/α,β-unsaturated/α-hetero) is 1. The first-order valence-electron chi connectivity index (χ1n) is 9.44. The molecule has 0 bridgehead atoms. The molecule has 1 aliphatic heterocycles. The van der Waals surface area contributed by atoms with Crippen LogP contribution in [0, 0.1) is 13.8 Å². The molecule has 1 atom stereocenters. The van der Waals surface area contributed by atoms with Gasteiger partial charge in [-0.2, -0.15) is 0 Å². The Morgan fingerprint density at radius 2 is 1.97 bits per heavy atom. The van der Waals surface area contributed by atoms with Crippen LogP contribution in [-0.2, 0) is 9.59 Å². The number of rotatable bonds is 7. The molecule has 0 saturated carbocycles. The van der Waals surface area contributed by atoms with Gasteiger partial charge in [0.15, 0.2) is 17.5 Å². The summed E-state index contributed by atoms with van der Waals surface area (Å²) in [7, 11) is 0. The summed E-state index contributed by atoms with van der Waals surface area (Å²) in [5, 5.41) is 13.5. The maximum atomic E-state index is 13.5. The molecule has 2 amide bonds. The Kier molecular flexibility index (Phi) is 5.76. The van der Waals surface area contributed by atoms with Gasteiger partial charge in [-0.25, -0.2) is 9.97 Å². The predicted molar refractivity (Wildman–Crippen MR) is 119 cm³/mol. The van der Waals surface area contributed by atoms with E-state index in [2.05, 4.69) is 9.97 Å². The van der Waals surface area contributed by atoms with Gasteiger partial charge in [-0.1, -0.05) is 12.1 Å². The number of aliphatic hydroxyl groups is 1. The molecule has 9 nitrogen and oxygen atoms in total. The topological polar surface area (TPSA) is 136 Å². The first-order chi connectivity index (χ1) is 15.3. The number of aromatic nitrogens is 2. The van der Waals surface area contributed by atoms with Gasteiger partial charge < -0.3 is 15.6 Å². The Labute approximate surface area is 190 Å². The van der Waals surface area contributed by atoms with Crippen LogP contribution in [-0.4, -0.2) is 39.3 Å². The minimum absolute atomic E-state index is 0.0391. The predicted octanol–water partition coefficient (Wildman–Crippen LogP) is 2.86. The van der Waals surface area contributed by atoms with Crippen LogP contribution in [0.4, 0.5) is 5.13 Å². The van der Waals surface area contributed by atoms with Crippen molar-refractivity contribution in [1.82, 2.24) is 9.97 Å². The van der Waals surface area contributed by atoms with E-state index in [0.29, 0.717) is 32.0 Å². The number of hydrogen-bond acceptors (Lipinski definition) is 9. The number of anilines is 1. The number of amides is 2. The highest BCUT2D eigenvalue weighted by molar-refractivity contribution is 7.14. The van der Waals surface area contributed by atoms with Crippen molar-refractivity contribution in [1.29, 1.82) is 0 Å². The summed E-state index contributed by atoms with van der Waals surface area (Å²) in [5.41, 5.74) is 6.16. The minimum Gasteiger partial charge on any atom is -0.503 e. The Morgan fingerprint density at radius 3 is 2.53 bits per heavy atom. The van der Waals surface area contributed by atoms with Crippen LogP contribution in [0.5, 0.6) is 5.75 Å². The molecule has 4 rings (SSSR count). The molecular formula is C21H18N4O5S2. The largest absolute Gasteiger partial charge is 0.503 e. The van der Waals surface area contributed by atoms with Gasteiger partial charge in [0.05, 0.1) is 27.2 Å². The molecule has 164 valence electrons. The number of thiazole rings is 2. The van der Waals surface area contributed by atoms with Gasteiger partial charge in [-0.05, 0) is 31.5 Å². The molecule has 0 spiro atoms. The van der Waals surface area contributed by atoms with E-state index in [-0.39, 0.29) is 12.2 Å². The lowest BCUT2D eigenvalue weighted by molar-refractivity contribution is -0.120. The molecule has 2 aromatic heterocycles. The summed E-state index contributed by atoms with van der Waals surface area (Å²) in [4.78, 5) is 47.6. The third-order valence-electron chi connectivity index (χ3n) is 4.76. The monoisotopic (exact) mass is 470 g/mol. The SMILES string of the molecule is Cc1nc(C)c(C(=O)C2=C(O)C(=O)N(c3nccs3)C2c2ccc(OCC(N)=O)cc2)s1. The average Bonchev–Trinajstić information content (AvgIpc) is 3.46. The molecule has 3 N–H and O–H groups in total. The van der Waals surface area contributed by atoms with E-state index in [4.69, 9.17) is 10.5 Å². The number of ketones is 1. The summed E-state index contributed by atoms with van der Waals surface area (Å²) in [5.74, 6) is -2.00. The average molecular weight is 471 g/mol. The van der Waals surface area contributed by atoms with E-state index in [0.717, 1.165) is 0 Å². The Morgan fingerprint density at radius 1 is 1.25 bits per heavy atom. The fourth-order valence-corrected chi connectivity index (χ4v) is 4.99. The lowest BCUT2D eigenvalue weighted by Crippen LogP contribution is -2.31. The molecule has 0 saturated heterocycles. The zero-order chi connectivity index (χ0) is 23.0. The number of aliphatic hydroxyl groups excluding tert-OH is 1. The highest BCUT2D eigenvalue weighted by Crippen LogP contribution is 2.43. The number of carbonyl (C=O) groups excluding carboxylic acids is 3. The van der Waals surface area contributed by atoms with Crippen molar-refractivity contribution in [2.45, 2.75) is 19.9 Å². The van der Waals surface area contributed by atoms with E-state index < -0.39 is 29.4 Å². The van der Waals surface area contributed by atoms with E-state index in [1.165, 1.54) is 27.6 Å². The van der Waals surface area contributed by atoms with Crippen LogP contribution in [0.15, 0.2) is 47.2 Å². The number of carbonyl (C=O) groups is 3. The van der Waals surface area contributed by atoms with Crippen molar-refractivity contribution in [2.75, 3.05) is 11.5 Å². The zero-order valence-electron chi connectivity index (χ0n) is 17.1. The van der Waals surface area contributed by atoms with Gasteiger partial charge in [0, 0.05) is 11.6 Å². The van der Waals surface area contributed by atoms with Gasteiger partial charge >= 0.3 is 0 Å². The lowest BCUT2D eigenvalue weighted by atomic mass is 9.95. The molecule has 32 heavy (non-hydrogen) atoms. The summed E-state index contributed by atoms with van der Waals surface area (Å²) < 4.78 is 5.29. The molecule has 3 heterocycles. The number of benzene rings is 1. The van der Waals surface area contributed by atoms with Crippen molar-refractivity contribution in [3.05, 3.63) is 68.3 Å². The second-order valence-electron chi connectivity index (χ2n) is 6.96. The normalized spacial score (nSPS) is 16.0. The maximum absolute atomic E-state index is 13.5. The van der Waals surface area contributed by atoms with Gasteiger partial charge in [-0.15, -0.1) is 22.7 Å². The van der Waals surface area contributed by atoms with Crippen molar-refractivity contribution >= 4 is 45.4 Å². The summed E-state index contributed by atoms with van der Waals surface area (Å²) in [6.45, 7) is 3.22. The van der Waals surface area contributed by atoms with Crippen LogP contribution in [0.1, 0.15) is 32.0 Å². The number of primary amides is 1. The Hall–Kier alpha value is -3.57. The molecule has 1 unspecified atom stereocenters. The molecule has 0 radical (unpaired) electrons. The summed E-state index contributed by atoms with van der Waals surface area (Å²) >= 11 is 2.42. The van der Waals surface area contributed by atoms with Crippen LogP contribution in [0.3, 0.4) is 0 Å². The fraction of sp³-hybridized carbons (Fsp3) is 0.190. The van der Waals surface area contributed by atoms with Gasteiger partial charge in [0.25, 0.3) is 11.8 Å². The molecule has 11 heteroatoms. The molecular weight excluding hydrogens is 452 g/mol. The standard InChI is InChI=1S/C21H18N4O5S2/c1-10-19(32-11(2)24-10)17(27)15-16(12-3-5-13(6-4-12)30-9-14(22)26)25(20(29)18(15)28)21-23-7-8-31-21/h3-8,16,28H,9H2,1-2H3,(H2,22,26). The molecule has 0 aliphatic carbocycles. The van der Waals surface area contributed by atoms with Crippen LogP contribution in [0.2, 0.25) is 0 Å². The minimum atomic E-state index is -0.895.